The van der Waals surface area contributed by atoms with Crippen molar-refractivity contribution < 1.29 is 9.53 Å². The smallest absolute Gasteiger partial charge is 0.299 e. The molecule has 2 saturated heterocycles. The van der Waals surface area contributed by atoms with Gasteiger partial charge in [-0.15, -0.1) is 0 Å². The predicted molar refractivity (Wildman–Crippen MR) is 146 cm³/mol. The van der Waals surface area contributed by atoms with Crippen LogP contribution in [0.5, 0.6) is 11.5 Å². The van der Waals surface area contributed by atoms with E-state index in [0.717, 1.165) is 47.1 Å². The van der Waals surface area contributed by atoms with E-state index in [-0.39, 0.29) is 24.0 Å². The minimum Gasteiger partial charge on any atom is -0.457 e. The first-order valence-electron chi connectivity index (χ1n) is 12.9. The second kappa shape index (κ2) is 9.51. The summed E-state index contributed by atoms with van der Waals surface area (Å²) in [6.07, 6.45) is 4.46. The Morgan fingerprint density at radius 3 is 2.55 bits per heavy atom. The third-order valence-corrected chi connectivity index (χ3v) is 7.53. The van der Waals surface area contributed by atoms with Gasteiger partial charge >= 0.3 is 0 Å². The number of imidazole rings is 1. The van der Waals surface area contributed by atoms with Gasteiger partial charge in [0, 0.05) is 42.6 Å². The van der Waals surface area contributed by atoms with Crippen LogP contribution in [0.4, 0.5) is 5.82 Å². The zero-order valence-electron chi connectivity index (χ0n) is 21.7. The number of hydrogen-bond donors (Lipinski definition) is 1. The number of nitrogens with zero attached hydrogens (tertiary/aromatic N) is 5. The molecule has 2 aromatic heterocycles. The van der Waals surface area contributed by atoms with Crippen molar-refractivity contribution in [3.8, 4) is 34.6 Å². The van der Waals surface area contributed by atoms with E-state index in [0.29, 0.717) is 11.9 Å². The lowest BCUT2D eigenvalue weighted by atomic mass is 10.1. The monoisotopic (exact) mass is 506 g/mol. The van der Waals surface area contributed by atoms with Crippen LogP contribution in [0, 0.1) is 11.8 Å². The third kappa shape index (κ3) is 3.96. The summed E-state index contributed by atoms with van der Waals surface area (Å²) >= 11 is 0. The van der Waals surface area contributed by atoms with Gasteiger partial charge in [-0.25, -0.2) is 9.97 Å². The number of para-hydroxylation sites is 1. The summed E-state index contributed by atoms with van der Waals surface area (Å²) < 4.78 is 7.97. The summed E-state index contributed by atoms with van der Waals surface area (Å²) in [6.45, 7) is 6.94. The van der Waals surface area contributed by atoms with Gasteiger partial charge < -0.3 is 15.4 Å². The summed E-state index contributed by atoms with van der Waals surface area (Å²) in [5.41, 5.74) is 8.77. The number of anilines is 1. The van der Waals surface area contributed by atoms with E-state index in [2.05, 4.69) is 35.6 Å². The molecule has 0 radical (unpaired) electrons. The number of fused-ring (bicyclic) bond motifs is 3. The maximum atomic E-state index is 13.2. The van der Waals surface area contributed by atoms with E-state index in [1.165, 1.54) is 0 Å². The topological polar surface area (TPSA) is 89.0 Å². The van der Waals surface area contributed by atoms with Crippen molar-refractivity contribution in [2.75, 3.05) is 12.3 Å². The Kier molecular flexibility index (Phi) is 6.01. The van der Waals surface area contributed by atoms with Crippen LogP contribution in [0.2, 0.25) is 0 Å². The molecule has 2 fully saturated rings. The molecular formula is C30H30N6O2. The molecule has 2 aliphatic rings. The molecule has 4 aromatic rings. The lowest BCUT2D eigenvalue weighted by molar-refractivity contribution is -0.131. The normalized spacial score (nSPS) is 20.6. The molecule has 2 aliphatic heterocycles. The highest BCUT2D eigenvalue weighted by atomic mass is 16.5. The van der Waals surface area contributed by atoms with Crippen LogP contribution in [0.1, 0.15) is 39.1 Å². The number of hydrogen-bond acceptors (Lipinski definition) is 6. The number of benzene rings is 2. The van der Waals surface area contributed by atoms with E-state index in [9.17, 15) is 4.79 Å². The van der Waals surface area contributed by atoms with Crippen LogP contribution in [0.15, 0.2) is 67.0 Å². The van der Waals surface area contributed by atoms with Crippen molar-refractivity contribution >= 4 is 17.2 Å². The van der Waals surface area contributed by atoms with Gasteiger partial charge in [-0.3, -0.25) is 14.1 Å². The van der Waals surface area contributed by atoms with Crippen LogP contribution in [-0.2, 0) is 4.79 Å². The Hall–Kier alpha value is -4.35. The van der Waals surface area contributed by atoms with E-state index >= 15 is 0 Å². The van der Waals surface area contributed by atoms with Crippen LogP contribution < -0.4 is 10.5 Å². The number of likely N-dealkylation sites (tertiary alicyclic amines) is 2. The third-order valence-electron chi connectivity index (χ3n) is 7.53. The van der Waals surface area contributed by atoms with Gasteiger partial charge in [0.1, 0.15) is 40.4 Å². The number of carbonyl (C=O) groups excluding carboxylic acids is 1. The Balaban J connectivity index is 1.44. The highest BCUT2D eigenvalue weighted by Crippen LogP contribution is 2.46. The zero-order chi connectivity index (χ0) is 26.4. The average Bonchev–Trinajstić information content (AvgIpc) is 3.62. The molecule has 2 bridgehead atoms. The number of rotatable bonds is 5. The van der Waals surface area contributed by atoms with Crippen molar-refractivity contribution in [1.82, 2.24) is 24.2 Å². The fourth-order valence-corrected chi connectivity index (χ4v) is 5.95. The molecule has 8 heteroatoms. The SMILES string of the molecule is CC#CC(=O)N1C2C[C@@H](C1c1nc(-c3ccc(Oc4ccccc4)cc3)c3c(N)nccn13)N(C(C)C)C2. The fourth-order valence-electron chi connectivity index (χ4n) is 5.95. The molecule has 0 saturated carbocycles. The summed E-state index contributed by atoms with van der Waals surface area (Å²) in [4.78, 5) is 27.1. The molecule has 8 nitrogen and oxygen atoms in total. The number of nitrogens with two attached hydrogens (primary N) is 1. The molecule has 2 N–H and O–H groups in total. The van der Waals surface area contributed by atoms with Gasteiger partial charge in [0.2, 0.25) is 0 Å². The summed E-state index contributed by atoms with van der Waals surface area (Å²) in [5.74, 6) is 8.07. The van der Waals surface area contributed by atoms with Crippen molar-refractivity contribution in [2.45, 2.75) is 51.4 Å². The minimum absolute atomic E-state index is 0.102. The van der Waals surface area contributed by atoms with Crippen molar-refractivity contribution in [1.29, 1.82) is 0 Å². The minimum atomic E-state index is -0.242. The first-order valence-corrected chi connectivity index (χ1v) is 12.9. The van der Waals surface area contributed by atoms with Crippen molar-refractivity contribution in [3.05, 3.63) is 72.8 Å². The maximum absolute atomic E-state index is 13.2. The van der Waals surface area contributed by atoms with Gasteiger partial charge in [-0.05, 0) is 69.5 Å². The van der Waals surface area contributed by atoms with Gasteiger partial charge in [-0.2, -0.15) is 0 Å². The Morgan fingerprint density at radius 2 is 1.84 bits per heavy atom. The molecule has 2 aromatic carbocycles. The Labute approximate surface area is 222 Å². The maximum Gasteiger partial charge on any atom is 0.299 e. The van der Waals surface area contributed by atoms with Gasteiger partial charge in [0.25, 0.3) is 5.91 Å². The van der Waals surface area contributed by atoms with Gasteiger partial charge in [0.05, 0.1) is 0 Å². The number of piperazine rings is 1. The van der Waals surface area contributed by atoms with Crippen LogP contribution in [0.25, 0.3) is 16.8 Å². The lowest BCUT2D eigenvalue weighted by Crippen LogP contribution is -2.52. The van der Waals surface area contributed by atoms with E-state index in [1.54, 1.807) is 13.1 Å². The molecule has 0 aliphatic carbocycles. The van der Waals surface area contributed by atoms with E-state index in [1.807, 2.05) is 70.1 Å². The summed E-state index contributed by atoms with van der Waals surface area (Å²) in [5, 5.41) is 0. The molecule has 3 atom stereocenters. The van der Waals surface area contributed by atoms with E-state index < -0.39 is 0 Å². The lowest BCUT2D eigenvalue weighted by Gasteiger charge is -2.41. The molecule has 1 amide bonds. The number of ether oxygens (including phenoxy) is 1. The first kappa shape index (κ1) is 24.0. The highest BCUT2D eigenvalue weighted by molar-refractivity contribution is 5.94. The Bertz CT molecular complexity index is 1550. The number of amides is 1. The predicted octanol–water partition coefficient (Wildman–Crippen LogP) is 4.53. The van der Waals surface area contributed by atoms with Crippen LogP contribution in [0.3, 0.4) is 0 Å². The molecule has 0 spiro atoms. The number of carbonyl (C=O) groups is 1. The van der Waals surface area contributed by atoms with Gasteiger partial charge in [0.15, 0.2) is 0 Å². The molecule has 2 unspecified atom stereocenters. The number of nitrogen functional groups attached to an aromatic ring is 1. The standard InChI is InChI=1S/C30H30N6O2/c1-4-8-25(37)36-21-17-24(35(18-21)19(2)3)27(36)30-33-26(28-29(31)32-15-16-34(28)30)20-11-13-23(14-12-20)38-22-9-6-5-7-10-22/h5-7,9-16,19,21,24,27H,17-18H2,1-3H3,(H2,31,32)/t21?,24-,27?/m0/s1. The highest BCUT2D eigenvalue weighted by Gasteiger charge is 2.54. The second-order valence-corrected chi connectivity index (χ2v) is 10.1. The van der Waals surface area contributed by atoms with Crippen molar-refractivity contribution in [2.24, 2.45) is 0 Å². The van der Waals surface area contributed by atoms with Crippen LogP contribution >= 0.6 is 0 Å². The molecule has 4 heterocycles. The van der Waals surface area contributed by atoms with Crippen LogP contribution in [-0.4, -0.2) is 54.7 Å². The molecule has 6 rings (SSSR count). The average molecular weight is 507 g/mol. The number of aromatic nitrogens is 3. The molecule has 192 valence electrons. The first-order chi connectivity index (χ1) is 18.5. The van der Waals surface area contributed by atoms with Crippen molar-refractivity contribution in [3.63, 3.8) is 0 Å². The zero-order valence-corrected chi connectivity index (χ0v) is 21.7. The quantitative estimate of drug-likeness (QED) is 0.400. The fraction of sp³-hybridized carbons (Fsp3) is 0.300. The molecule has 38 heavy (non-hydrogen) atoms. The summed E-state index contributed by atoms with van der Waals surface area (Å²) in [6, 6.07) is 17.8. The Morgan fingerprint density at radius 1 is 1.11 bits per heavy atom. The molecular weight excluding hydrogens is 476 g/mol. The second-order valence-electron chi connectivity index (χ2n) is 10.1. The van der Waals surface area contributed by atoms with E-state index in [4.69, 9.17) is 15.5 Å². The van der Waals surface area contributed by atoms with Gasteiger partial charge in [-0.1, -0.05) is 24.1 Å². The largest absolute Gasteiger partial charge is 0.457 e. The summed E-state index contributed by atoms with van der Waals surface area (Å²) in [7, 11) is 0.